The maximum Gasteiger partial charge on any atom is 0.314 e. The molecule has 0 aromatic rings. The number of urea groups is 1. The molecule has 2 amide bonds. The molecule has 2 atom stereocenters. The number of β-amino-alcohol motifs (C(OH)–C–C–N with tert-alkyl or cyclic N) is 1. The third kappa shape index (κ3) is 2.59. The highest BCUT2D eigenvalue weighted by Gasteiger charge is 2.33. The zero-order chi connectivity index (χ0) is 10.0. The molecule has 3 N–H and O–H groups in total. The molecular formula is C9H18N2O2. The predicted octanol–water partition coefficient (Wildman–Crippen LogP) is 0.404. The van der Waals surface area contributed by atoms with Crippen LogP contribution < -0.4 is 5.73 Å². The zero-order valence-electron chi connectivity index (χ0n) is 8.23. The van der Waals surface area contributed by atoms with Crippen molar-refractivity contribution in [2.24, 2.45) is 17.6 Å². The van der Waals surface area contributed by atoms with Crippen LogP contribution in [0.2, 0.25) is 0 Å². The molecule has 0 saturated carbocycles. The second-order valence-corrected chi connectivity index (χ2v) is 4.20. The number of amides is 2. The minimum Gasteiger partial charge on any atom is -0.391 e. The molecular weight excluding hydrogens is 168 g/mol. The second-order valence-electron chi connectivity index (χ2n) is 4.20. The number of hydrogen-bond acceptors (Lipinski definition) is 2. The third-order valence-corrected chi connectivity index (χ3v) is 2.49. The van der Waals surface area contributed by atoms with Gasteiger partial charge in [0.15, 0.2) is 0 Å². The van der Waals surface area contributed by atoms with Crippen LogP contribution in [0.5, 0.6) is 0 Å². The maximum absolute atomic E-state index is 10.8. The number of aliphatic hydroxyl groups excluding tert-OH is 1. The Bertz CT molecular complexity index is 194. The van der Waals surface area contributed by atoms with Gasteiger partial charge in [-0.15, -0.1) is 0 Å². The molecule has 13 heavy (non-hydrogen) atoms. The standard InChI is InChI=1S/C9H18N2O2/c1-6(2)3-7-4-11(9(10)13)5-8(7)12/h6-8,12H,3-5H2,1-2H3,(H2,10,13). The van der Waals surface area contributed by atoms with Crippen LogP contribution in [0.15, 0.2) is 0 Å². The summed E-state index contributed by atoms with van der Waals surface area (Å²) < 4.78 is 0. The minimum atomic E-state index is -0.426. The third-order valence-electron chi connectivity index (χ3n) is 2.49. The lowest BCUT2D eigenvalue weighted by Gasteiger charge is -2.15. The molecule has 76 valence electrons. The summed E-state index contributed by atoms with van der Waals surface area (Å²) in [6.45, 7) is 5.22. The zero-order valence-corrected chi connectivity index (χ0v) is 8.23. The lowest BCUT2D eigenvalue weighted by Crippen LogP contribution is -2.34. The number of carbonyl (C=O) groups is 1. The molecule has 0 aromatic heterocycles. The van der Waals surface area contributed by atoms with Gasteiger partial charge < -0.3 is 15.7 Å². The van der Waals surface area contributed by atoms with Crippen molar-refractivity contribution in [2.45, 2.75) is 26.4 Å². The first-order valence-corrected chi connectivity index (χ1v) is 4.73. The topological polar surface area (TPSA) is 66.6 Å². The molecule has 0 aromatic carbocycles. The van der Waals surface area contributed by atoms with E-state index in [1.165, 1.54) is 4.90 Å². The molecule has 0 aliphatic carbocycles. The van der Waals surface area contributed by atoms with E-state index in [1.54, 1.807) is 0 Å². The summed E-state index contributed by atoms with van der Waals surface area (Å²) in [7, 11) is 0. The van der Waals surface area contributed by atoms with Crippen LogP contribution in [0.4, 0.5) is 4.79 Å². The van der Waals surface area contributed by atoms with E-state index in [-0.39, 0.29) is 5.92 Å². The minimum absolute atomic E-state index is 0.201. The number of nitrogens with zero attached hydrogens (tertiary/aromatic N) is 1. The van der Waals surface area contributed by atoms with Gasteiger partial charge >= 0.3 is 6.03 Å². The smallest absolute Gasteiger partial charge is 0.314 e. The molecule has 2 unspecified atom stereocenters. The first kappa shape index (κ1) is 10.3. The van der Waals surface area contributed by atoms with Crippen LogP contribution in [0.3, 0.4) is 0 Å². The van der Waals surface area contributed by atoms with Crippen LogP contribution in [-0.4, -0.2) is 35.2 Å². The monoisotopic (exact) mass is 186 g/mol. The first-order chi connectivity index (χ1) is 6.00. The first-order valence-electron chi connectivity index (χ1n) is 4.73. The Labute approximate surface area is 78.7 Å². The van der Waals surface area contributed by atoms with Gasteiger partial charge in [-0.25, -0.2) is 4.79 Å². The Kier molecular flexibility index (Phi) is 3.14. The molecule has 1 aliphatic heterocycles. The molecule has 1 fully saturated rings. The Morgan fingerprint density at radius 1 is 1.62 bits per heavy atom. The summed E-state index contributed by atoms with van der Waals surface area (Å²) in [5.41, 5.74) is 5.13. The highest BCUT2D eigenvalue weighted by Crippen LogP contribution is 2.23. The van der Waals surface area contributed by atoms with Gasteiger partial charge in [-0.05, 0) is 12.3 Å². The number of rotatable bonds is 2. The van der Waals surface area contributed by atoms with Crippen LogP contribution >= 0.6 is 0 Å². The van der Waals surface area contributed by atoms with E-state index >= 15 is 0 Å². The van der Waals surface area contributed by atoms with Crippen molar-refractivity contribution < 1.29 is 9.90 Å². The Hall–Kier alpha value is -0.770. The van der Waals surface area contributed by atoms with E-state index in [4.69, 9.17) is 5.73 Å². The Morgan fingerprint density at radius 3 is 2.62 bits per heavy atom. The lowest BCUT2D eigenvalue weighted by molar-refractivity contribution is 0.132. The summed E-state index contributed by atoms with van der Waals surface area (Å²) in [6, 6.07) is -0.426. The lowest BCUT2D eigenvalue weighted by atomic mass is 9.95. The Balaban J connectivity index is 2.46. The SMILES string of the molecule is CC(C)CC1CN(C(N)=O)CC1O. The molecule has 0 radical (unpaired) electrons. The average Bonchev–Trinajstić information content (AvgIpc) is 2.31. The van der Waals surface area contributed by atoms with Crippen LogP contribution in [0.25, 0.3) is 0 Å². The normalized spacial score (nSPS) is 28.5. The van der Waals surface area contributed by atoms with E-state index in [1.807, 2.05) is 0 Å². The molecule has 1 aliphatic rings. The van der Waals surface area contributed by atoms with Gasteiger partial charge in [0.25, 0.3) is 0 Å². The van der Waals surface area contributed by atoms with Crippen molar-refractivity contribution in [3.8, 4) is 0 Å². The van der Waals surface area contributed by atoms with Crippen molar-refractivity contribution in [1.29, 1.82) is 0 Å². The van der Waals surface area contributed by atoms with Gasteiger partial charge in [-0.1, -0.05) is 13.8 Å². The summed E-state index contributed by atoms with van der Waals surface area (Å²) in [5.74, 6) is 0.750. The summed E-state index contributed by atoms with van der Waals surface area (Å²) >= 11 is 0. The van der Waals surface area contributed by atoms with Crippen molar-refractivity contribution >= 4 is 6.03 Å². The summed E-state index contributed by atoms with van der Waals surface area (Å²) in [4.78, 5) is 12.3. The van der Waals surface area contributed by atoms with Gasteiger partial charge in [0.05, 0.1) is 6.10 Å². The maximum atomic E-state index is 10.8. The summed E-state index contributed by atoms with van der Waals surface area (Å²) in [6.07, 6.45) is 0.556. The van der Waals surface area contributed by atoms with Gasteiger partial charge in [-0.2, -0.15) is 0 Å². The highest BCUT2D eigenvalue weighted by atomic mass is 16.3. The Morgan fingerprint density at radius 2 is 2.23 bits per heavy atom. The van der Waals surface area contributed by atoms with Crippen LogP contribution in [0.1, 0.15) is 20.3 Å². The number of nitrogens with two attached hydrogens (primary N) is 1. The van der Waals surface area contributed by atoms with Gasteiger partial charge in [-0.3, -0.25) is 0 Å². The van der Waals surface area contributed by atoms with E-state index < -0.39 is 12.1 Å². The van der Waals surface area contributed by atoms with Crippen LogP contribution in [-0.2, 0) is 0 Å². The van der Waals surface area contributed by atoms with E-state index in [9.17, 15) is 9.90 Å². The number of aliphatic hydroxyl groups is 1. The van der Waals surface area contributed by atoms with Gasteiger partial charge in [0, 0.05) is 19.0 Å². The quantitative estimate of drug-likeness (QED) is 0.655. The molecule has 0 spiro atoms. The summed E-state index contributed by atoms with van der Waals surface area (Å²) in [5, 5.41) is 9.61. The van der Waals surface area contributed by atoms with E-state index in [0.717, 1.165) is 6.42 Å². The highest BCUT2D eigenvalue weighted by molar-refractivity contribution is 5.72. The number of hydrogen-bond donors (Lipinski definition) is 2. The second kappa shape index (κ2) is 3.96. The fourth-order valence-electron chi connectivity index (χ4n) is 1.87. The molecule has 1 heterocycles. The predicted molar refractivity (Wildman–Crippen MR) is 50.1 cm³/mol. The number of carbonyl (C=O) groups excluding carboxylic acids is 1. The largest absolute Gasteiger partial charge is 0.391 e. The molecule has 0 bridgehead atoms. The fraction of sp³-hybridized carbons (Fsp3) is 0.889. The van der Waals surface area contributed by atoms with Crippen molar-refractivity contribution in [2.75, 3.05) is 13.1 Å². The average molecular weight is 186 g/mol. The molecule has 1 rings (SSSR count). The number of likely N-dealkylation sites (tertiary alicyclic amines) is 1. The van der Waals surface area contributed by atoms with E-state index in [2.05, 4.69) is 13.8 Å². The van der Waals surface area contributed by atoms with Crippen molar-refractivity contribution in [3.05, 3.63) is 0 Å². The van der Waals surface area contributed by atoms with Crippen molar-refractivity contribution in [3.63, 3.8) is 0 Å². The van der Waals surface area contributed by atoms with Crippen molar-refractivity contribution in [1.82, 2.24) is 4.90 Å². The number of primary amides is 1. The van der Waals surface area contributed by atoms with Gasteiger partial charge in [0.2, 0.25) is 0 Å². The molecule has 4 nitrogen and oxygen atoms in total. The molecule has 1 saturated heterocycles. The fourth-order valence-corrected chi connectivity index (χ4v) is 1.87. The van der Waals surface area contributed by atoms with E-state index in [0.29, 0.717) is 19.0 Å². The van der Waals surface area contributed by atoms with Gasteiger partial charge in [0.1, 0.15) is 0 Å². The van der Waals surface area contributed by atoms with Crippen LogP contribution in [0, 0.1) is 11.8 Å². The molecule has 4 heteroatoms.